The first-order valence-corrected chi connectivity index (χ1v) is 5.98. The normalized spacial score (nSPS) is 30.5. The summed E-state index contributed by atoms with van der Waals surface area (Å²) < 4.78 is 4.79. The average molecular weight is 224 g/mol. The Hall–Kier alpha value is -0.870. The Bertz CT molecular complexity index is 313. The Kier molecular flexibility index (Phi) is 3.61. The first kappa shape index (κ1) is 11.6. The summed E-state index contributed by atoms with van der Waals surface area (Å²) in [5, 5.41) is 16.7. The minimum absolute atomic E-state index is 0.102. The van der Waals surface area contributed by atoms with E-state index >= 15 is 0 Å². The summed E-state index contributed by atoms with van der Waals surface area (Å²) in [5.74, 6) is 0.691. The Morgan fingerprint density at radius 1 is 1.69 bits per heavy atom. The molecule has 1 heterocycles. The number of hydrogen-bond donors (Lipinski definition) is 2. The maximum Gasteiger partial charge on any atom is 0.128 e. The fraction of sp³-hybridized carbons (Fsp3) is 0.750. The molecule has 90 valence electrons. The van der Waals surface area contributed by atoms with Crippen LogP contribution in [0.1, 0.15) is 38.2 Å². The molecule has 2 unspecified atom stereocenters. The SMILES string of the molecule is CC1CCCC(CO)(NCc2cnoc2)C1. The molecular weight excluding hydrogens is 204 g/mol. The number of nitrogens with one attached hydrogen (secondary N) is 1. The highest BCUT2D eigenvalue weighted by atomic mass is 16.5. The van der Waals surface area contributed by atoms with E-state index in [4.69, 9.17) is 4.52 Å². The van der Waals surface area contributed by atoms with Gasteiger partial charge in [0.25, 0.3) is 0 Å². The first-order valence-electron chi connectivity index (χ1n) is 5.98. The van der Waals surface area contributed by atoms with E-state index in [-0.39, 0.29) is 12.1 Å². The zero-order valence-electron chi connectivity index (χ0n) is 9.78. The summed E-state index contributed by atoms with van der Waals surface area (Å²) >= 11 is 0. The Morgan fingerprint density at radius 3 is 3.19 bits per heavy atom. The van der Waals surface area contributed by atoms with Gasteiger partial charge in [0.2, 0.25) is 0 Å². The molecule has 1 aliphatic carbocycles. The highest BCUT2D eigenvalue weighted by molar-refractivity contribution is 5.02. The maximum atomic E-state index is 9.59. The topological polar surface area (TPSA) is 58.3 Å². The largest absolute Gasteiger partial charge is 0.394 e. The third-order valence-corrected chi connectivity index (χ3v) is 3.55. The van der Waals surface area contributed by atoms with Crippen molar-refractivity contribution in [3.63, 3.8) is 0 Å². The van der Waals surface area contributed by atoms with E-state index in [2.05, 4.69) is 17.4 Å². The molecule has 16 heavy (non-hydrogen) atoms. The minimum Gasteiger partial charge on any atom is -0.394 e. The molecule has 1 saturated carbocycles. The molecule has 2 N–H and O–H groups in total. The second-order valence-electron chi connectivity index (χ2n) is 5.03. The van der Waals surface area contributed by atoms with E-state index in [0.29, 0.717) is 5.92 Å². The predicted octanol–water partition coefficient (Wildman–Crippen LogP) is 1.71. The smallest absolute Gasteiger partial charge is 0.128 e. The van der Waals surface area contributed by atoms with E-state index in [1.165, 1.54) is 12.8 Å². The van der Waals surface area contributed by atoms with Gasteiger partial charge in [-0.05, 0) is 18.8 Å². The molecule has 4 heteroatoms. The molecule has 1 fully saturated rings. The standard InChI is InChI=1S/C12H20N2O2/c1-10-3-2-4-12(5-10,9-15)13-6-11-7-14-16-8-11/h7-8,10,13,15H,2-6,9H2,1H3. The fourth-order valence-electron chi connectivity index (χ4n) is 2.62. The molecule has 0 bridgehead atoms. The van der Waals surface area contributed by atoms with Crippen molar-refractivity contribution in [1.29, 1.82) is 0 Å². The molecule has 0 aromatic carbocycles. The van der Waals surface area contributed by atoms with Crippen molar-refractivity contribution in [2.24, 2.45) is 5.92 Å². The third-order valence-electron chi connectivity index (χ3n) is 3.55. The van der Waals surface area contributed by atoms with Crippen molar-refractivity contribution in [2.45, 2.75) is 44.7 Å². The van der Waals surface area contributed by atoms with Crippen LogP contribution in [0.4, 0.5) is 0 Å². The number of rotatable bonds is 4. The molecule has 0 aliphatic heterocycles. The predicted molar refractivity (Wildman–Crippen MR) is 60.8 cm³/mol. The molecule has 1 aromatic heterocycles. The van der Waals surface area contributed by atoms with Crippen molar-refractivity contribution in [1.82, 2.24) is 10.5 Å². The molecular formula is C12H20N2O2. The van der Waals surface area contributed by atoms with E-state index < -0.39 is 0 Å². The lowest BCUT2D eigenvalue weighted by molar-refractivity contribution is 0.0982. The van der Waals surface area contributed by atoms with Gasteiger partial charge in [-0.1, -0.05) is 24.9 Å². The van der Waals surface area contributed by atoms with Crippen LogP contribution in [-0.4, -0.2) is 22.4 Å². The van der Waals surface area contributed by atoms with Crippen LogP contribution in [-0.2, 0) is 6.54 Å². The van der Waals surface area contributed by atoms with Crippen molar-refractivity contribution >= 4 is 0 Å². The van der Waals surface area contributed by atoms with E-state index in [9.17, 15) is 5.11 Å². The fourth-order valence-corrected chi connectivity index (χ4v) is 2.62. The third kappa shape index (κ3) is 2.62. The van der Waals surface area contributed by atoms with Gasteiger partial charge >= 0.3 is 0 Å². The number of aliphatic hydroxyl groups excluding tert-OH is 1. The van der Waals surface area contributed by atoms with Crippen LogP contribution < -0.4 is 5.32 Å². The van der Waals surface area contributed by atoms with Crippen LogP contribution in [0.2, 0.25) is 0 Å². The highest BCUT2D eigenvalue weighted by Crippen LogP contribution is 2.32. The number of aromatic nitrogens is 1. The minimum atomic E-state index is -0.102. The summed E-state index contributed by atoms with van der Waals surface area (Å²) in [4.78, 5) is 0. The summed E-state index contributed by atoms with van der Waals surface area (Å²) in [6.45, 7) is 3.18. The van der Waals surface area contributed by atoms with Gasteiger partial charge in [0, 0.05) is 17.6 Å². The van der Waals surface area contributed by atoms with Gasteiger partial charge in [-0.15, -0.1) is 0 Å². The second kappa shape index (κ2) is 4.97. The zero-order valence-corrected chi connectivity index (χ0v) is 9.78. The maximum absolute atomic E-state index is 9.59. The van der Waals surface area contributed by atoms with Crippen molar-refractivity contribution < 1.29 is 9.63 Å². The van der Waals surface area contributed by atoms with Crippen molar-refractivity contribution in [3.8, 4) is 0 Å². The van der Waals surface area contributed by atoms with E-state index in [0.717, 1.165) is 24.9 Å². The van der Waals surface area contributed by atoms with Crippen LogP contribution in [0.15, 0.2) is 17.0 Å². The van der Waals surface area contributed by atoms with E-state index in [1.807, 2.05) is 0 Å². The summed E-state index contributed by atoms with van der Waals surface area (Å²) in [6, 6.07) is 0. The van der Waals surface area contributed by atoms with Gasteiger partial charge in [0.15, 0.2) is 0 Å². The number of hydrogen-bond acceptors (Lipinski definition) is 4. The monoisotopic (exact) mass is 224 g/mol. The van der Waals surface area contributed by atoms with Gasteiger partial charge in [0.1, 0.15) is 6.26 Å². The van der Waals surface area contributed by atoms with Crippen molar-refractivity contribution in [3.05, 3.63) is 18.0 Å². The Morgan fingerprint density at radius 2 is 2.56 bits per heavy atom. The average Bonchev–Trinajstić information content (AvgIpc) is 2.79. The summed E-state index contributed by atoms with van der Waals surface area (Å²) in [6.07, 6.45) is 7.93. The van der Waals surface area contributed by atoms with Gasteiger partial charge in [-0.3, -0.25) is 0 Å². The molecule has 0 radical (unpaired) electrons. The molecule has 2 atom stereocenters. The van der Waals surface area contributed by atoms with Crippen LogP contribution in [0, 0.1) is 5.92 Å². The van der Waals surface area contributed by atoms with Crippen LogP contribution in [0.25, 0.3) is 0 Å². The lowest BCUT2D eigenvalue weighted by Crippen LogP contribution is -2.51. The summed E-state index contributed by atoms with van der Waals surface area (Å²) in [5.41, 5.74) is 0.931. The number of aliphatic hydroxyl groups is 1. The molecule has 1 aromatic rings. The lowest BCUT2D eigenvalue weighted by atomic mass is 9.77. The molecule has 0 amide bonds. The molecule has 2 rings (SSSR count). The van der Waals surface area contributed by atoms with Gasteiger partial charge < -0.3 is 14.9 Å². The van der Waals surface area contributed by atoms with E-state index in [1.54, 1.807) is 12.5 Å². The lowest BCUT2D eigenvalue weighted by Gasteiger charge is -2.39. The van der Waals surface area contributed by atoms with Crippen LogP contribution >= 0.6 is 0 Å². The first-order chi connectivity index (χ1) is 7.74. The van der Waals surface area contributed by atoms with Gasteiger partial charge in [0.05, 0.1) is 12.8 Å². The number of nitrogens with zero attached hydrogens (tertiary/aromatic N) is 1. The van der Waals surface area contributed by atoms with Crippen molar-refractivity contribution in [2.75, 3.05) is 6.61 Å². The van der Waals surface area contributed by atoms with Gasteiger partial charge in [-0.2, -0.15) is 0 Å². The quantitative estimate of drug-likeness (QED) is 0.817. The molecule has 0 spiro atoms. The second-order valence-corrected chi connectivity index (χ2v) is 5.03. The van der Waals surface area contributed by atoms with Crippen LogP contribution in [0.3, 0.4) is 0 Å². The molecule has 1 aliphatic rings. The van der Waals surface area contributed by atoms with Gasteiger partial charge in [-0.25, -0.2) is 0 Å². The molecule has 0 saturated heterocycles. The molecule has 4 nitrogen and oxygen atoms in total. The zero-order chi connectivity index (χ0) is 11.4. The highest BCUT2D eigenvalue weighted by Gasteiger charge is 2.33. The van der Waals surface area contributed by atoms with Crippen LogP contribution in [0.5, 0.6) is 0 Å². The summed E-state index contributed by atoms with van der Waals surface area (Å²) in [7, 11) is 0. The Labute approximate surface area is 96.0 Å². The Balaban J connectivity index is 1.93.